The van der Waals surface area contributed by atoms with E-state index in [1.54, 1.807) is 4.90 Å². The number of hydrogen-bond donors (Lipinski definition) is 3. The van der Waals surface area contributed by atoms with Crippen LogP contribution in [0.3, 0.4) is 0 Å². The molecule has 2 heterocycles. The molecule has 2 aliphatic heterocycles. The van der Waals surface area contributed by atoms with Gasteiger partial charge >= 0.3 is 0 Å². The largest absolute Gasteiger partial charge is 0.486 e. The third kappa shape index (κ3) is 5.12. The van der Waals surface area contributed by atoms with Gasteiger partial charge in [0.1, 0.15) is 45.9 Å². The molecule has 1 saturated heterocycles. The Morgan fingerprint density at radius 1 is 1.00 bits per heavy atom. The van der Waals surface area contributed by atoms with E-state index in [9.17, 15) is 4.79 Å². The lowest BCUT2D eigenvalue weighted by atomic mass is 10.1. The van der Waals surface area contributed by atoms with Gasteiger partial charge in [-0.05, 0) is 37.1 Å². The molecule has 0 aliphatic carbocycles. The monoisotopic (exact) mass is 411 g/mol. The molecular weight excluding hydrogens is 378 g/mol. The molecule has 1 amide bonds. The van der Waals surface area contributed by atoms with Crippen LogP contribution in [0.2, 0.25) is 0 Å². The number of nitrogens with one attached hydrogen (secondary N) is 3. The number of benzene rings is 2. The SMILES string of the molecule is Cc1ccccc1C[NH+]1CC[NH+](CC(=O)N[C@H](C)c2ccc3c(c2)OCCO3)CC1. The van der Waals surface area contributed by atoms with Gasteiger partial charge in [0, 0.05) is 5.56 Å². The summed E-state index contributed by atoms with van der Waals surface area (Å²) >= 11 is 0. The van der Waals surface area contributed by atoms with E-state index in [-0.39, 0.29) is 11.9 Å². The quantitative estimate of drug-likeness (QED) is 0.624. The van der Waals surface area contributed by atoms with Gasteiger partial charge in [-0.2, -0.15) is 0 Å². The van der Waals surface area contributed by atoms with Crippen LogP contribution in [0.5, 0.6) is 11.5 Å². The molecule has 6 nitrogen and oxygen atoms in total. The maximum Gasteiger partial charge on any atom is 0.275 e. The average molecular weight is 412 g/mol. The summed E-state index contributed by atoms with van der Waals surface area (Å²) in [5.74, 6) is 1.65. The van der Waals surface area contributed by atoms with Crippen molar-refractivity contribution in [3.63, 3.8) is 0 Å². The molecule has 2 aromatic carbocycles. The Labute approximate surface area is 178 Å². The minimum Gasteiger partial charge on any atom is -0.486 e. The third-order valence-corrected chi connectivity index (χ3v) is 6.22. The minimum atomic E-state index is -0.0549. The lowest BCUT2D eigenvalue weighted by molar-refractivity contribution is -1.02. The highest BCUT2D eigenvalue weighted by molar-refractivity contribution is 5.77. The lowest BCUT2D eigenvalue weighted by Gasteiger charge is -2.30. The van der Waals surface area contributed by atoms with Crippen molar-refractivity contribution in [1.82, 2.24) is 5.32 Å². The van der Waals surface area contributed by atoms with E-state index in [0.29, 0.717) is 19.8 Å². The number of rotatable bonds is 6. The highest BCUT2D eigenvalue weighted by Crippen LogP contribution is 2.32. The number of aryl methyl sites for hydroxylation is 1. The molecule has 6 heteroatoms. The number of carbonyl (C=O) groups is 1. The summed E-state index contributed by atoms with van der Waals surface area (Å²) in [6, 6.07) is 14.5. The number of piperazine rings is 1. The minimum absolute atomic E-state index is 0.0549. The first-order valence-electron chi connectivity index (χ1n) is 11.0. The Morgan fingerprint density at radius 2 is 1.70 bits per heavy atom. The third-order valence-electron chi connectivity index (χ3n) is 6.22. The Balaban J connectivity index is 1.23. The van der Waals surface area contributed by atoms with Gasteiger partial charge < -0.3 is 24.6 Å². The van der Waals surface area contributed by atoms with Crippen molar-refractivity contribution in [3.05, 3.63) is 59.2 Å². The Kier molecular flexibility index (Phi) is 6.55. The summed E-state index contributed by atoms with van der Waals surface area (Å²) in [4.78, 5) is 15.6. The molecule has 3 N–H and O–H groups in total. The van der Waals surface area contributed by atoms with Crippen molar-refractivity contribution in [2.45, 2.75) is 26.4 Å². The highest BCUT2D eigenvalue weighted by atomic mass is 16.6. The van der Waals surface area contributed by atoms with Crippen molar-refractivity contribution < 1.29 is 24.1 Å². The predicted molar refractivity (Wildman–Crippen MR) is 115 cm³/mol. The van der Waals surface area contributed by atoms with Gasteiger partial charge in [-0.1, -0.05) is 30.3 Å². The number of amides is 1. The van der Waals surface area contributed by atoms with Crippen molar-refractivity contribution >= 4 is 5.91 Å². The molecule has 160 valence electrons. The van der Waals surface area contributed by atoms with Gasteiger partial charge in [0.05, 0.1) is 6.04 Å². The molecule has 30 heavy (non-hydrogen) atoms. The molecule has 1 fully saturated rings. The molecule has 0 unspecified atom stereocenters. The summed E-state index contributed by atoms with van der Waals surface area (Å²) < 4.78 is 11.2. The fourth-order valence-electron chi connectivity index (χ4n) is 4.32. The van der Waals surface area contributed by atoms with Gasteiger partial charge in [-0.3, -0.25) is 4.79 Å². The fraction of sp³-hybridized carbons (Fsp3) is 0.458. The number of ether oxygens (including phenoxy) is 2. The highest BCUT2D eigenvalue weighted by Gasteiger charge is 2.26. The smallest absolute Gasteiger partial charge is 0.275 e. The fourth-order valence-corrected chi connectivity index (χ4v) is 4.32. The number of fused-ring (bicyclic) bond motifs is 1. The van der Waals surface area contributed by atoms with Crippen LogP contribution in [0.1, 0.15) is 29.7 Å². The van der Waals surface area contributed by atoms with E-state index in [1.807, 2.05) is 25.1 Å². The van der Waals surface area contributed by atoms with E-state index in [0.717, 1.165) is 49.8 Å². The van der Waals surface area contributed by atoms with Crippen molar-refractivity contribution in [2.24, 2.45) is 0 Å². The zero-order valence-electron chi connectivity index (χ0n) is 18.0. The first kappa shape index (κ1) is 20.7. The zero-order chi connectivity index (χ0) is 20.9. The second kappa shape index (κ2) is 9.49. The molecule has 0 bridgehead atoms. The second-order valence-electron chi connectivity index (χ2n) is 8.47. The molecule has 4 rings (SSSR count). The number of quaternary nitrogens is 2. The zero-order valence-corrected chi connectivity index (χ0v) is 18.0. The summed E-state index contributed by atoms with van der Waals surface area (Å²) in [6.45, 7) is 11.2. The van der Waals surface area contributed by atoms with Gasteiger partial charge in [0.2, 0.25) is 0 Å². The van der Waals surface area contributed by atoms with E-state index in [2.05, 4.69) is 36.5 Å². The first-order chi connectivity index (χ1) is 14.6. The predicted octanol–water partition coefficient (Wildman–Crippen LogP) is -0.0730. The van der Waals surface area contributed by atoms with E-state index < -0.39 is 0 Å². The summed E-state index contributed by atoms with van der Waals surface area (Å²) in [5, 5.41) is 3.15. The van der Waals surface area contributed by atoms with Crippen LogP contribution in [-0.2, 0) is 11.3 Å². The van der Waals surface area contributed by atoms with E-state index >= 15 is 0 Å². The second-order valence-corrected chi connectivity index (χ2v) is 8.47. The van der Waals surface area contributed by atoms with Crippen molar-refractivity contribution in [2.75, 3.05) is 45.9 Å². The molecule has 0 aromatic heterocycles. The standard InChI is InChI=1S/C24H31N3O3/c1-18-5-3-4-6-21(18)16-26-9-11-27(12-10-26)17-24(28)25-19(2)20-7-8-22-23(15-20)30-14-13-29-22/h3-8,15,19H,9-14,16-17H2,1-2H3,(H,25,28)/p+2/t19-/m1/s1. The van der Waals surface area contributed by atoms with Crippen LogP contribution in [0.4, 0.5) is 0 Å². The van der Waals surface area contributed by atoms with Crippen LogP contribution in [0.15, 0.2) is 42.5 Å². The van der Waals surface area contributed by atoms with Crippen LogP contribution >= 0.6 is 0 Å². The lowest BCUT2D eigenvalue weighted by Crippen LogP contribution is -3.28. The molecule has 2 aliphatic rings. The Bertz CT molecular complexity index is 878. The molecular formula is C24H33N3O3+2. The molecule has 0 radical (unpaired) electrons. The van der Waals surface area contributed by atoms with Crippen LogP contribution in [0.25, 0.3) is 0 Å². The summed E-state index contributed by atoms with van der Waals surface area (Å²) in [6.07, 6.45) is 0. The molecule has 1 atom stereocenters. The number of hydrogen-bond acceptors (Lipinski definition) is 3. The Hall–Kier alpha value is -2.57. The van der Waals surface area contributed by atoms with Gasteiger partial charge in [-0.25, -0.2) is 0 Å². The normalized spacial score (nSPS) is 21.7. The van der Waals surface area contributed by atoms with Gasteiger partial charge in [0.25, 0.3) is 5.91 Å². The average Bonchev–Trinajstić information content (AvgIpc) is 2.76. The first-order valence-corrected chi connectivity index (χ1v) is 11.0. The topological polar surface area (TPSA) is 56.4 Å². The summed E-state index contributed by atoms with van der Waals surface area (Å²) in [7, 11) is 0. The van der Waals surface area contributed by atoms with Crippen LogP contribution in [0, 0.1) is 6.92 Å². The maximum absolute atomic E-state index is 12.6. The van der Waals surface area contributed by atoms with Gasteiger partial charge in [-0.15, -0.1) is 0 Å². The Morgan fingerprint density at radius 3 is 2.47 bits per heavy atom. The van der Waals surface area contributed by atoms with Crippen LogP contribution in [-0.4, -0.2) is 51.8 Å². The number of carbonyl (C=O) groups excluding carboxylic acids is 1. The van der Waals surface area contributed by atoms with Crippen LogP contribution < -0.4 is 24.6 Å². The van der Waals surface area contributed by atoms with E-state index in [1.165, 1.54) is 16.0 Å². The molecule has 0 spiro atoms. The maximum atomic E-state index is 12.6. The van der Waals surface area contributed by atoms with Crippen molar-refractivity contribution in [3.8, 4) is 11.5 Å². The van der Waals surface area contributed by atoms with Crippen molar-refractivity contribution in [1.29, 1.82) is 0 Å². The molecule has 0 saturated carbocycles. The van der Waals surface area contributed by atoms with E-state index in [4.69, 9.17) is 9.47 Å². The van der Waals surface area contributed by atoms with Gasteiger partial charge in [0.15, 0.2) is 18.0 Å². The summed E-state index contributed by atoms with van der Waals surface area (Å²) in [5.41, 5.74) is 3.84. The molecule has 2 aromatic rings.